The maximum Gasteiger partial charge on any atom is 0.243 e. The van der Waals surface area contributed by atoms with E-state index in [0.29, 0.717) is 17.2 Å². The molecule has 1 fully saturated rings. The molecule has 0 bridgehead atoms. The molecule has 1 aliphatic heterocycles. The van der Waals surface area contributed by atoms with Crippen LogP contribution in [0, 0.1) is 19.8 Å². The van der Waals surface area contributed by atoms with Crippen molar-refractivity contribution in [3.8, 4) is 16.2 Å². The zero-order chi connectivity index (χ0) is 26.0. The molecule has 0 spiro atoms. The number of hydrogen-bond acceptors (Lipinski definition) is 8. The fourth-order valence-corrected chi connectivity index (χ4v) is 5.76. The molecule has 3 heterocycles. The summed E-state index contributed by atoms with van der Waals surface area (Å²) in [5.41, 5.74) is 5.24. The number of carbonyl (C=O) groups excluding carboxylic acids is 2. The molecule has 9 nitrogen and oxygen atoms in total. The Balaban J connectivity index is 1.48. The lowest BCUT2D eigenvalue weighted by Crippen LogP contribution is -2.48. The van der Waals surface area contributed by atoms with Crippen LogP contribution >= 0.6 is 34.3 Å². The van der Waals surface area contributed by atoms with Gasteiger partial charge in [-0.05, 0) is 31.4 Å². The van der Waals surface area contributed by atoms with E-state index in [0.717, 1.165) is 21.7 Å². The van der Waals surface area contributed by atoms with Crippen molar-refractivity contribution in [3.05, 3.63) is 52.5 Å². The van der Waals surface area contributed by atoms with Gasteiger partial charge in [0.1, 0.15) is 23.5 Å². The van der Waals surface area contributed by atoms with Gasteiger partial charge in [-0.3, -0.25) is 9.59 Å². The van der Waals surface area contributed by atoms with E-state index in [1.54, 1.807) is 29.8 Å². The molecule has 2 amide bonds. The highest BCUT2D eigenvalue weighted by Crippen LogP contribution is 2.33. The Bertz CT molecular complexity index is 1240. The van der Waals surface area contributed by atoms with Crippen LogP contribution in [0.2, 0.25) is 0 Å². The van der Waals surface area contributed by atoms with Crippen molar-refractivity contribution in [3.63, 3.8) is 0 Å². The van der Waals surface area contributed by atoms with E-state index in [1.807, 2.05) is 62.0 Å². The maximum absolute atomic E-state index is 13.5. The molecule has 11 heteroatoms. The number of aromatic nitrogens is 2. The van der Waals surface area contributed by atoms with Crippen molar-refractivity contribution >= 4 is 46.2 Å². The van der Waals surface area contributed by atoms with Crippen LogP contribution in [0.3, 0.4) is 0 Å². The summed E-state index contributed by atoms with van der Waals surface area (Å²) < 4.78 is 10.9. The van der Waals surface area contributed by atoms with E-state index in [1.165, 1.54) is 4.90 Å². The molecule has 36 heavy (non-hydrogen) atoms. The van der Waals surface area contributed by atoms with Gasteiger partial charge in [0, 0.05) is 31.1 Å². The molecular weight excluding hydrogens is 595 g/mol. The second kappa shape index (κ2) is 11.3. The van der Waals surface area contributed by atoms with Crippen LogP contribution in [0.4, 0.5) is 0 Å². The molecule has 3 aromatic rings. The lowest BCUT2D eigenvalue weighted by Gasteiger charge is -2.28. The third kappa shape index (κ3) is 5.57. The minimum Gasteiger partial charge on any atom is -0.427 e. The van der Waals surface area contributed by atoms with Gasteiger partial charge in [0.25, 0.3) is 0 Å². The molecule has 4 rings (SSSR count). The molecule has 3 unspecified atom stereocenters. The monoisotopic (exact) mass is 624 g/mol. The van der Waals surface area contributed by atoms with Crippen molar-refractivity contribution in [1.29, 1.82) is 0 Å². The van der Waals surface area contributed by atoms with Crippen LogP contribution in [0.25, 0.3) is 10.4 Å². The number of halogens is 1. The van der Waals surface area contributed by atoms with Gasteiger partial charge in [-0.15, -0.1) is 11.3 Å². The Hall–Kier alpha value is -2.51. The number of thiazole rings is 1. The first-order valence-electron chi connectivity index (χ1n) is 11.7. The summed E-state index contributed by atoms with van der Waals surface area (Å²) >= 11 is 3.39. The molecule has 1 aromatic carbocycles. The normalized spacial score (nSPS) is 18.5. The highest BCUT2D eigenvalue weighted by molar-refractivity contribution is 14.1. The summed E-state index contributed by atoms with van der Waals surface area (Å²) in [5.74, 6) is -0.130. The Kier molecular flexibility index (Phi) is 8.30. The van der Waals surface area contributed by atoms with Crippen LogP contribution in [-0.4, -0.2) is 50.7 Å². The number of aliphatic hydroxyl groups excluding tert-OH is 1. The topological polar surface area (TPSA) is 118 Å². The quantitative estimate of drug-likeness (QED) is 0.362. The number of likely N-dealkylation sites (tertiary alicyclic amines) is 1. The zero-order valence-corrected chi connectivity index (χ0v) is 23.5. The Morgan fingerprint density at radius 1 is 1.33 bits per heavy atom. The number of amides is 2. The molecule has 2 N–H and O–H groups in total. The van der Waals surface area contributed by atoms with Crippen LogP contribution < -0.4 is 8.38 Å². The lowest BCUT2D eigenvalue weighted by molar-refractivity contribution is -0.141. The van der Waals surface area contributed by atoms with Crippen molar-refractivity contribution < 1.29 is 22.3 Å². The molecule has 0 radical (unpaired) electrons. The van der Waals surface area contributed by atoms with Gasteiger partial charge in [0.05, 0.1) is 27.9 Å². The number of β-amino-alcohol motifs (C(OH)–C–C–N with tert-alkyl or cyclic N) is 1. The first-order chi connectivity index (χ1) is 17.2. The third-order valence-corrected chi connectivity index (χ3v) is 7.81. The maximum atomic E-state index is 13.5. The summed E-state index contributed by atoms with van der Waals surface area (Å²) in [6, 6.07) is 6.78. The number of hydrogen-bond donors (Lipinski definition) is 2. The molecular formula is C25H29IN4O5S. The largest absolute Gasteiger partial charge is 0.427 e. The average molecular weight is 625 g/mol. The van der Waals surface area contributed by atoms with Gasteiger partial charge in [0.2, 0.25) is 11.8 Å². The van der Waals surface area contributed by atoms with E-state index >= 15 is 0 Å². The summed E-state index contributed by atoms with van der Waals surface area (Å²) in [7, 11) is 0. The summed E-state index contributed by atoms with van der Waals surface area (Å²) in [5, 5.41) is 17.2. The lowest BCUT2D eigenvalue weighted by atomic mass is 9.91. The summed E-state index contributed by atoms with van der Waals surface area (Å²) in [6.45, 7) is 7.92. The Morgan fingerprint density at radius 3 is 2.72 bits per heavy atom. The second-order valence-corrected chi connectivity index (χ2v) is 10.7. The predicted octanol–water partition coefficient (Wildman–Crippen LogP) is 4.16. The number of aliphatic hydroxyl groups is 1. The predicted molar refractivity (Wildman–Crippen MR) is 144 cm³/mol. The number of rotatable bonds is 8. The van der Waals surface area contributed by atoms with Crippen molar-refractivity contribution in [2.24, 2.45) is 5.92 Å². The molecule has 192 valence electrons. The fraction of sp³-hybridized carbons (Fsp3) is 0.440. The molecule has 0 aliphatic carbocycles. The zero-order valence-electron chi connectivity index (χ0n) is 20.5. The molecule has 3 atom stereocenters. The van der Waals surface area contributed by atoms with Gasteiger partial charge in [-0.25, -0.2) is 4.98 Å². The molecule has 0 saturated carbocycles. The number of carbonyl (C=O) groups is 2. The first kappa shape index (κ1) is 26.6. The van der Waals surface area contributed by atoms with Crippen LogP contribution in [0.1, 0.15) is 48.9 Å². The minimum absolute atomic E-state index is 0.0737. The SMILES string of the molecule is Cc1cc(C(C(=O)N2CC(O)CC2C(=O)NCc2ccc(-c3scnc3C)cc2OI)C(C)C)on1. The van der Waals surface area contributed by atoms with E-state index in [2.05, 4.69) is 15.5 Å². The first-order valence-corrected chi connectivity index (χ1v) is 13.5. The number of nitrogens with zero attached hydrogens (tertiary/aromatic N) is 3. The van der Waals surface area contributed by atoms with Crippen molar-refractivity contribution in [2.75, 3.05) is 6.54 Å². The third-order valence-electron chi connectivity index (χ3n) is 6.36. The van der Waals surface area contributed by atoms with Gasteiger partial charge in [0.15, 0.2) is 23.0 Å². The average Bonchev–Trinajstić information content (AvgIpc) is 3.57. The molecule has 1 saturated heterocycles. The van der Waals surface area contributed by atoms with E-state index in [-0.39, 0.29) is 37.2 Å². The van der Waals surface area contributed by atoms with Crippen molar-refractivity contribution in [2.45, 2.75) is 58.7 Å². The highest BCUT2D eigenvalue weighted by atomic mass is 127. The van der Waals surface area contributed by atoms with Crippen LogP contribution in [-0.2, 0) is 16.1 Å². The van der Waals surface area contributed by atoms with E-state index < -0.39 is 18.1 Å². The Morgan fingerprint density at radius 2 is 2.11 bits per heavy atom. The number of aryl methyl sites for hydroxylation is 2. The van der Waals surface area contributed by atoms with Gasteiger partial charge in [-0.1, -0.05) is 31.1 Å². The van der Waals surface area contributed by atoms with E-state index in [9.17, 15) is 14.7 Å². The smallest absolute Gasteiger partial charge is 0.243 e. The Labute approximate surface area is 227 Å². The standard InChI is InChI=1S/C25H29IN4O5S/c1-13(2)22(21-7-14(3)29-35-21)25(33)30-11-18(31)9-19(30)24(32)27-10-17-6-5-16(8-20(17)34-26)23-15(4)28-12-36-23/h5-8,12-13,18-19,22,31H,9-11H2,1-4H3,(H,27,32). The number of nitrogens with one attached hydrogen (secondary N) is 1. The van der Waals surface area contributed by atoms with Crippen LogP contribution in [0.15, 0.2) is 34.3 Å². The van der Waals surface area contributed by atoms with Crippen molar-refractivity contribution in [1.82, 2.24) is 20.4 Å². The highest BCUT2D eigenvalue weighted by Gasteiger charge is 2.43. The molecule has 2 aromatic heterocycles. The summed E-state index contributed by atoms with van der Waals surface area (Å²) in [4.78, 5) is 33.6. The van der Waals surface area contributed by atoms with Gasteiger partial charge >= 0.3 is 0 Å². The van der Waals surface area contributed by atoms with E-state index in [4.69, 9.17) is 7.59 Å². The number of benzene rings is 1. The minimum atomic E-state index is -0.777. The fourth-order valence-electron chi connectivity index (χ4n) is 4.54. The van der Waals surface area contributed by atoms with Gasteiger partial charge in [-0.2, -0.15) is 0 Å². The second-order valence-electron chi connectivity index (χ2n) is 9.37. The molecule has 1 aliphatic rings. The van der Waals surface area contributed by atoms with Crippen LogP contribution in [0.5, 0.6) is 5.75 Å². The van der Waals surface area contributed by atoms with Gasteiger partial charge < -0.3 is 22.9 Å². The summed E-state index contributed by atoms with van der Waals surface area (Å²) in [6.07, 6.45) is -0.596.